The maximum absolute atomic E-state index is 12.3. The van der Waals surface area contributed by atoms with E-state index in [1.807, 2.05) is 30.3 Å². The molecule has 3 rings (SSSR count). The molecule has 0 bridgehead atoms. The third-order valence-electron chi connectivity index (χ3n) is 2.94. The smallest absolute Gasteiger partial charge is 0.280 e. The van der Waals surface area contributed by atoms with Crippen LogP contribution < -0.4 is 4.90 Å². The molecule has 0 aliphatic carbocycles. The van der Waals surface area contributed by atoms with Gasteiger partial charge in [0.05, 0.1) is 6.26 Å². The SMILES string of the molecule is CN(C(=O)c1cc(-c2ccco2)on1)c1ccccc1. The number of hydrogen-bond donors (Lipinski definition) is 0. The van der Waals surface area contributed by atoms with Gasteiger partial charge in [0, 0.05) is 18.8 Å². The van der Waals surface area contributed by atoms with E-state index in [1.54, 1.807) is 25.2 Å². The molecule has 0 unspecified atom stereocenters. The summed E-state index contributed by atoms with van der Waals surface area (Å²) in [5, 5.41) is 3.79. The monoisotopic (exact) mass is 268 g/mol. The highest BCUT2D eigenvalue weighted by molar-refractivity contribution is 6.04. The molecule has 0 fully saturated rings. The first kappa shape index (κ1) is 12.2. The van der Waals surface area contributed by atoms with Crippen LogP contribution in [0.2, 0.25) is 0 Å². The molecule has 100 valence electrons. The molecule has 0 spiro atoms. The Morgan fingerprint density at radius 3 is 2.60 bits per heavy atom. The number of carbonyl (C=O) groups is 1. The number of hydrogen-bond acceptors (Lipinski definition) is 4. The summed E-state index contributed by atoms with van der Waals surface area (Å²) in [4.78, 5) is 13.8. The van der Waals surface area contributed by atoms with E-state index in [0.29, 0.717) is 11.5 Å². The second-order valence-electron chi connectivity index (χ2n) is 4.25. The summed E-state index contributed by atoms with van der Waals surface area (Å²) in [5.74, 6) is 0.733. The van der Waals surface area contributed by atoms with Crippen molar-refractivity contribution in [3.8, 4) is 11.5 Å². The fourth-order valence-corrected chi connectivity index (χ4v) is 1.85. The number of rotatable bonds is 3. The molecule has 2 aromatic heterocycles. The van der Waals surface area contributed by atoms with Gasteiger partial charge in [-0.1, -0.05) is 23.4 Å². The molecule has 5 nitrogen and oxygen atoms in total. The van der Waals surface area contributed by atoms with Crippen molar-refractivity contribution in [2.75, 3.05) is 11.9 Å². The second-order valence-corrected chi connectivity index (χ2v) is 4.25. The molecule has 0 radical (unpaired) electrons. The minimum absolute atomic E-state index is 0.238. The summed E-state index contributed by atoms with van der Waals surface area (Å²) in [6, 6.07) is 14.4. The highest BCUT2D eigenvalue weighted by Crippen LogP contribution is 2.22. The summed E-state index contributed by atoms with van der Waals surface area (Å²) in [5.41, 5.74) is 1.03. The number of anilines is 1. The Bertz CT molecular complexity index is 702. The topological polar surface area (TPSA) is 59.5 Å². The third-order valence-corrected chi connectivity index (χ3v) is 2.94. The first-order chi connectivity index (χ1) is 9.75. The van der Waals surface area contributed by atoms with Gasteiger partial charge in [-0.2, -0.15) is 0 Å². The highest BCUT2D eigenvalue weighted by atomic mass is 16.5. The fraction of sp³-hybridized carbons (Fsp3) is 0.0667. The molecule has 2 heterocycles. The van der Waals surface area contributed by atoms with Crippen LogP contribution in [0.15, 0.2) is 63.7 Å². The molecule has 3 aromatic rings. The lowest BCUT2D eigenvalue weighted by atomic mass is 10.2. The second kappa shape index (κ2) is 5.05. The number of para-hydroxylation sites is 1. The number of nitrogens with zero attached hydrogens (tertiary/aromatic N) is 2. The van der Waals surface area contributed by atoms with Crippen molar-refractivity contribution in [2.45, 2.75) is 0 Å². The Morgan fingerprint density at radius 2 is 1.90 bits per heavy atom. The Hall–Kier alpha value is -2.82. The molecular weight excluding hydrogens is 256 g/mol. The van der Waals surface area contributed by atoms with Gasteiger partial charge in [0.15, 0.2) is 11.5 Å². The zero-order valence-electron chi connectivity index (χ0n) is 10.8. The van der Waals surface area contributed by atoms with Gasteiger partial charge in [-0.05, 0) is 24.3 Å². The Labute approximate surface area is 115 Å². The van der Waals surface area contributed by atoms with E-state index in [-0.39, 0.29) is 11.6 Å². The average molecular weight is 268 g/mol. The van der Waals surface area contributed by atoms with Crippen LogP contribution in [0.1, 0.15) is 10.5 Å². The van der Waals surface area contributed by atoms with Gasteiger partial charge in [-0.25, -0.2) is 0 Å². The number of carbonyl (C=O) groups excluding carboxylic acids is 1. The van der Waals surface area contributed by atoms with Crippen molar-refractivity contribution in [2.24, 2.45) is 0 Å². The summed E-state index contributed by atoms with van der Waals surface area (Å²) in [6.07, 6.45) is 1.54. The molecule has 0 saturated heterocycles. The summed E-state index contributed by atoms with van der Waals surface area (Å²) >= 11 is 0. The maximum Gasteiger partial charge on any atom is 0.280 e. The molecule has 0 aliphatic heterocycles. The predicted octanol–water partition coefficient (Wildman–Crippen LogP) is 3.21. The molecule has 0 atom stereocenters. The molecule has 1 aromatic carbocycles. The van der Waals surface area contributed by atoms with Crippen LogP contribution in [0.25, 0.3) is 11.5 Å². The molecule has 5 heteroatoms. The Morgan fingerprint density at radius 1 is 1.10 bits per heavy atom. The largest absolute Gasteiger partial charge is 0.461 e. The van der Waals surface area contributed by atoms with E-state index in [2.05, 4.69) is 5.16 Å². The quantitative estimate of drug-likeness (QED) is 0.731. The maximum atomic E-state index is 12.3. The summed E-state index contributed by atoms with van der Waals surface area (Å²) < 4.78 is 10.3. The summed E-state index contributed by atoms with van der Waals surface area (Å²) in [7, 11) is 1.69. The number of benzene rings is 1. The van der Waals surface area contributed by atoms with Crippen LogP contribution in [0.5, 0.6) is 0 Å². The molecule has 0 saturated carbocycles. The number of amides is 1. The van der Waals surface area contributed by atoms with Gasteiger partial charge in [0.1, 0.15) is 0 Å². The van der Waals surface area contributed by atoms with Gasteiger partial charge in [-0.15, -0.1) is 0 Å². The van der Waals surface area contributed by atoms with E-state index >= 15 is 0 Å². The van der Waals surface area contributed by atoms with Crippen molar-refractivity contribution < 1.29 is 13.7 Å². The lowest BCUT2D eigenvalue weighted by molar-refractivity contribution is 0.0984. The van der Waals surface area contributed by atoms with Gasteiger partial charge in [0.25, 0.3) is 5.91 Å². The first-order valence-corrected chi connectivity index (χ1v) is 6.09. The van der Waals surface area contributed by atoms with E-state index in [4.69, 9.17) is 8.94 Å². The third kappa shape index (κ3) is 2.21. The van der Waals surface area contributed by atoms with Crippen LogP contribution in [0.4, 0.5) is 5.69 Å². The zero-order valence-corrected chi connectivity index (χ0v) is 10.8. The van der Waals surface area contributed by atoms with Crippen molar-refractivity contribution >= 4 is 11.6 Å². The van der Waals surface area contributed by atoms with Gasteiger partial charge in [0.2, 0.25) is 5.76 Å². The van der Waals surface area contributed by atoms with Gasteiger partial charge >= 0.3 is 0 Å². The average Bonchev–Trinajstić information content (AvgIpc) is 3.17. The van der Waals surface area contributed by atoms with Crippen molar-refractivity contribution in [3.63, 3.8) is 0 Å². The fourth-order valence-electron chi connectivity index (χ4n) is 1.85. The Kier molecular flexibility index (Phi) is 3.09. The van der Waals surface area contributed by atoms with Crippen molar-refractivity contribution in [1.29, 1.82) is 0 Å². The van der Waals surface area contributed by atoms with Crippen LogP contribution in [0.3, 0.4) is 0 Å². The summed E-state index contributed by atoms with van der Waals surface area (Å²) in [6.45, 7) is 0. The normalized spacial score (nSPS) is 10.4. The molecule has 20 heavy (non-hydrogen) atoms. The van der Waals surface area contributed by atoms with Gasteiger partial charge in [-0.3, -0.25) is 4.79 Å². The zero-order chi connectivity index (χ0) is 13.9. The predicted molar refractivity (Wildman–Crippen MR) is 73.4 cm³/mol. The molecule has 0 N–H and O–H groups in total. The highest BCUT2D eigenvalue weighted by Gasteiger charge is 2.19. The van der Waals surface area contributed by atoms with Crippen LogP contribution >= 0.6 is 0 Å². The standard InChI is InChI=1S/C15H12N2O3/c1-17(11-6-3-2-4-7-11)15(18)12-10-14(20-16-12)13-8-5-9-19-13/h2-10H,1H3. The lowest BCUT2D eigenvalue weighted by Crippen LogP contribution is -2.26. The van der Waals surface area contributed by atoms with Crippen molar-refractivity contribution in [1.82, 2.24) is 5.16 Å². The lowest BCUT2D eigenvalue weighted by Gasteiger charge is -2.15. The number of furan rings is 1. The van der Waals surface area contributed by atoms with Crippen LogP contribution in [-0.4, -0.2) is 18.1 Å². The van der Waals surface area contributed by atoms with E-state index in [0.717, 1.165) is 5.69 Å². The number of aromatic nitrogens is 1. The van der Waals surface area contributed by atoms with Crippen molar-refractivity contribution in [3.05, 3.63) is 60.5 Å². The van der Waals surface area contributed by atoms with Crippen LogP contribution in [0, 0.1) is 0 Å². The molecule has 0 aliphatic rings. The Balaban J connectivity index is 1.85. The van der Waals surface area contributed by atoms with E-state index in [1.165, 1.54) is 11.2 Å². The molecular formula is C15H12N2O3. The minimum atomic E-state index is -0.238. The molecule has 1 amide bonds. The van der Waals surface area contributed by atoms with E-state index in [9.17, 15) is 4.79 Å². The van der Waals surface area contributed by atoms with Crippen LogP contribution in [-0.2, 0) is 0 Å². The van der Waals surface area contributed by atoms with E-state index < -0.39 is 0 Å². The van der Waals surface area contributed by atoms with Gasteiger partial charge < -0.3 is 13.8 Å². The minimum Gasteiger partial charge on any atom is -0.461 e. The first-order valence-electron chi connectivity index (χ1n) is 6.09.